The zero-order valence-electron chi connectivity index (χ0n) is 11.2. The van der Waals surface area contributed by atoms with Crippen LogP contribution in [0.5, 0.6) is 0 Å². The van der Waals surface area contributed by atoms with E-state index in [9.17, 15) is 4.79 Å². The first-order valence-electron chi connectivity index (χ1n) is 6.16. The van der Waals surface area contributed by atoms with Crippen LogP contribution in [0.3, 0.4) is 0 Å². The molecule has 1 amide bonds. The molecule has 2 rings (SSSR count). The summed E-state index contributed by atoms with van der Waals surface area (Å²) in [6, 6.07) is 10.8. The molecule has 5 heteroatoms. The number of hydrogen-bond donors (Lipinski definition) is 1. The Morgan fingerprint density at radius 2 is 1.62 bits per heavy atom. The van der Waals surface area contributed by atoms with Crippen LogP contribution in [0.1, 0.15) is 11.1 Å². The lowest BCUT2D eigenvalue weighted by molar-refractivity contribution is -0.111. The van der Waals surface area contributed by atoms with Gasteiger partial charge in [-0.2, -0.15) is 0 Å². The van der Waals surface area contributed by atoms with Crippen molar-refractivity contribution in [3.05, 3.63) is 68.7 Å². The van der Waals surface area contributed by atoms with Crippen molar-refractivity contribution in [3.63, 3.8) is 0 Å². The summed E-state index contributed by atoms with van der Waals surface area (Å²) in [6.07, 6.45) is 3.16. The van der Waals surface area contributed by atoms with Gasteiger partial charge in [0.2, 0.25) is 5.91 Å². The van der Waals surface area contributed by atoms with Crippen molar-refractivity contribution in [2.75, 3.05) is 5.32 Å². The molecule has 2 nitrogen and oxygen atoms in total. The van der Waals surface area contributed by atoms with Crippen LogP contribution in [0.15, 0.2) is 42.5 Å². The summed E-state index contributed by atoms with van der Waals surface area (Å²) in [5, 5.41) is 3.67. The highest BCUT2D eigenvalue weighted by atomic mass is 35.5. The topological polar surface area (TPSA) is 29.1 Å². The molecule has 0 saturated heterocycles. The largest absolute Gasteiger partial charge is 0.321 e. The summed E-state index contributed by atoms with van der Waals surface area (Å²) < 4.78 is 0. The minimum Gasteiger partial charge on any atom is -0.321 e. The van der Waals surface area contributed by atoms with Gasteiger partial charge in [-0.05, 0) is 30.7 Å². The summed E-state index contributed by atoms with van der Waals surface area (Å²) in [6.45, 7) is 2.01. The molecule has 0 aromatic heterocycles. The number of carbonyl (C=O) groups excluding carboxylic acids is 1. The van der Waals surface area contributed by atoms with E-state index in [-0.39, 0.29) is 5.91 Å². The number of hydrogen-bond acceptors (Lipinski definition) is 1. The number of nitrogens with one attached hydrogen (secondary N) is 1. The first-order chi connectivity index (χ1) is 9.95. The second kappa shape index (κ2) is 6.99. The van der Waals surface area contributed by atoms with Crippen LogP contribution in [0.2, 0.25) is 15.1 Å². The lowest BCUT2D eigenvalue weighted by Crippen LogP contribution is -2.08. The van der Waals surface area contributed by atoms with E-state index in [0.29, 0.717) is 20.8 Å². The molecule has 0 unspecified atom stereocenters. The highest BCUT2D eigenvalue weighted by Gasteiger charge is 2.07. The van der Waals surface area contributed by atoms with Gasteiger partial charge in [-0.1, -0.05) is 64.6 Å². The van der Waals surface area contributed by atoms with Crippen LogP contribution < -0.4 is 5.32 Å². The van der Waals surface area contributed by atoms with Crippen LogP contribution in [-0.2, 0) is 4.79 Å². The van der Waals surface area contributed by atoms with E-state index >= 15 is 0 Å². The summed E-state index contributed by atoms with van der Waals surface area (Å²) >= 11 is 17.7. The second-order valence-electron chi connectivity index (χ2n) is 4.48. The number of amides is 1. The minimum atomic E-state index is -0.295. The van der Waals surface area contributed by atoms with E-state index in [0.717, 1.165) is 5.56 Å². The molecule has 0 atom stereocenters. The van der Waals surface area contributed by atoms with Gasteiger partial charge in [-0.25, -0.2) is 0 Å². The molecule has 0 aliphatic heterocycles. The number of aryl methyl sites for hydroxylation is 1. The first-order valence-corrected chi connectivity index (χ1v) is 7.29. The quantitative estimate of drug-likeness (QED) is 0.571. The maximum Gasteiger partial charge on any atom is 0.248 e. The Morgan fingerprint density at radius 1 is 1.00 bits per heavy atom. The van der Waals surface area contributed by atoms with Gasteiger partial charge in [0.25, 0.3) is 0 Å². The normalized spacial score (nSPS) is 10.9. The summed E-state index contributed by atoms with van der Waals surface area (Å²) in [4.78, 5) is 11.9. The van der Waals surface area contributed by atoms with Crippen LogP contribution in [0.25, 0.3) is 6.08 Å². The highest BCUT2D eigenvalue weighted by molar-refractivity contribution is 6.44. The third-order valence-electron chi connectivity index (χ3n) is 2.77. The molecule has 0 aliphatic rings. The summed E-state index contributed by atoms with van der Waals surface area (Å²) in [5.74, 6) is -0.295. The van der Waals surface area contributed by atoms with Crippen LogP contribution >= 0.6 is 34.8 Å². The SMILES string of the molecule is Cc1ccc(C=CC(=O)Nc2cc(Cl)c(Cl)cc2Cl)cc1. The molecule has 0 aliphatic carbocycles. The fourth-order valence-electron chi connectivity index (χ4n) is 1.64. The van der Waals surface area contributed by atoms with Crippen molar-refractivity contribution in [2.24, 2.45) is 0 Å². The van der Waals surface area contributed by atoms with Crippen molar-refractivity contribution < 1.29 is 4.79 Å². The number of rotatable bonds is 3. The predicted molar refractivity (Wildman–Crippen MR) is 90.3 cm³/mol. The minimum absolute atomic E-state index is 0.295. The zero-order chi connectivity index (χ0) is 15.4. The number of anilines is 1. The molecule has 0 heterocycles. The fourth-order valence-corrected chi connectivity index (χ4v) is 2.24. The number of benzene rings is 2. The van der Waals surface area contributed by atoms with E-state index in [1.165, 1.54) is 23.8 Å². The Morgan fingerprint density at radius 3 is 2.29 bits per heavy atom. The average molecular weight is 341 g/mol. The van der Waals surface area contributed by atoms with Gasteiger partial charge in [0, 0.05) is 6.08 Å². The smallest absolute Gasteiger partial charge is 0.248 e. The second-order valence-corrected chi connectivity index (χ2v) is 5.70. The first kappa shape index (κ1) is 15.9. The van der Waals surface area contributed by atoms with Crippen LogP contribution in [-0.4, -0.2) is 5.91 Å². The van der Waals surface area contributed by atoms with Crippen molar-refractivity contribution in [1.82, 2.24) is 0 Å². The standard InChI is InChI=1S/C16H12Cl3NO/c1-10-2-4-11(5-3-10)6-7-16(21)20-15-9-13(18)12(17)8-14(15)19/h2-9H,1H3,(H,20,21). The lowest BCUT2D eigenvalue weighted by Gasteiger charge is -2.06. The molecular formula is C16H12Cl3NO. The Labute approximate surface area is 138 Å². The summed E-state index contributed by atoms with van der Waals surface area (Å²) in [7, 11) is 0. The van der Waals surface area contributed by atoms with Crippen molar-refractivity contribution in [1.29, 1.82) is 0 Å². The molecule has 1 N–H and O–H groups in total. The molecule has 0 fully saturated rings. The van der Waals surface area contributed by atoms with Gasteiger partial charge in [0.1, 0.15) is 0 Å². The number of carbonyl (C=O) groups is 1. The van der Waals surface area contributed by atoms with Crippen LogP contribution in [0, 0.1) is 6.92 Å². The van der Waals surface area contributed by atoms with Crippen molar-refractivity contribution in [2.45, 2.75) is 6.92 Å². The van der Waals surface area contributed by atoms with Gasteiger partial charge in [0.15, 0.2) is 0 Å². The molecule has 0 spiro atoms. The van der Waals surface area contributed by atoms with Crippen molar-refractivity contribution in [3.8, 4) is 0 Å². The molecule has 2 aromatic carbocycles. The van der Waals surface area contributed by atoms with Gasteiger partial charge < -0.3 is 5.32 Å². The maximum atomic E-state index is 11.9. The Bertz CT molecular complexity index is 693. The van der Waals surface area contributed by atoms with Gasteiger partial charge in [-0.15, -0.1) is 0 Å². The third kappa shape index (κ3) is 4.50. The molecule has 2 aromatic rings. The molecule has 21 heavy (non-hydrogen) atoms. The fraction of sp³-hybridized carbons (Fsp3) is 0.0625. The van der Waals surface area contributed by atoms with Crippen molar-refractivity contribution >= 4 is 52.5 Å². The van der Waals surface area contributed by atoms with Gasteiger partial charge >= 0.3 is 0 Å². The van der Waals surface area contributed by atoms with E-state index in [4.69, 9.17) is 34.8 Å². The molecule has 0 saturated carbocycles. The van der Waals surface area contributed by atoms with Gasteiger partial charge in [-0.3, -0.25) is 4.79 Å². The molecule has 0 radical (unpaired) electrons. The third-order valence-corrected chi connectivity index (χ3v) is 3.81. The number of halogens is 3. The molecule has 0 bridgehead atoms. The maximum absolute atomic E-state index is 11.9. The summed E-state index contributed by atoms with van der Waals surface area (Å²) in [5.41, 5.74) is 2.53. The highest BCUT2D eigenvalue weighted by Crippen LogP contribution is 2.32. The van der Waals surface area contributed by atoms with E-state index in [1.54, 1.807) is 6.08 Å². The molecule has 108 valence electrons. The average Bonchev–Trinajstić information content (AvgIpc) is 2.44. The van der Waals surface area contributed by atoms with E-state index in [1.807, 2.05) is 31.2 Å². The zero-order valence-corrected chi connectivity index (χ0v) is 13.4. The monoisotopic (exact) mass is 339 g/mol. The molecular weight excluding hydrogens is 329 g/mol. The van der Waals surface area contributed by atoms with E-state index in [2.05, 4.69) is 5.32 Å². The Hall–Kier alpha value is -1.48. The van der Waals surface area contributed by atoms with Crippen LogP contribution in [0.4, 0.5) is 5.69 Å². The lowest BCUT2D eigenvalue weighted by atomic mass is 10.1. The van der Waals surface area contributed by atoms with Gasteiger partial charge in [0.05, 0.1) is 20.8 Å². The Kier molecular flexibility index (Phi) is 5.29. The Balaban J connectivity index is 2.08. The predicted octanol–water partition coefficient (Wildman–Crippen LogP) is 5.61. The van der Waals surface area contributed by atoms with E-state index < -0.39 is 0 Å².